The number of hydrogen-bond donors (Lipinski definition) is 1. The summed E-state index contributed by atoms with van der Waals surface area (Å²) in [5.74, 6) is 0.572. The summed E-state index contributed by atoms with van der Waals surface area (Å²) in [6.07, 6.45) is 1.03. The van der Waals surface area contributed by atoms with Crippen LogP contribution < -0.4 is 0 Å². The predicted octanol–water partition coefficient (Wildman–Crippen LogP) is 2.21. The third-order valence-electron chi connectivity index (χ3n) is 3.90. The van der Waals surface area contributed by atoms with E-state index < -0.39 is 0 Å². The van der Waals surface area contributed by atoms with E-state index in [1.807, 2.05) is 44.2 Å². The Labute approximate surface area is 115 Å². The monoisotopic (exact) mass is 261 g/mol. The van der Waals surface area contributed by atoms with E-state index in [0.717, 1.165) is 31.6 Å². The summed E-state index contributed by atoms with van der Waals surface area (Å²) in [4.78, 5) is 14.8. The lowest BCUT2D eigenvalue weighted by Crippen LogP contribution is -2.38. The molecule has 1 aromatic carbocycles. The molecular weight excluding hydrogens is 238 g/mol. The lowest BCUT2D eigenvalue weighted by molar-refractivity contribution is 0.0777. The van der Waals surface area contributed by atoms with Gasteiger partial charge in [0.05, 0.1) is 0 Å². The van der Waals surface area contributed by atoms with Crippen LogP contribution in [-0.4, -0.2) is 42.0 Å². The Morgan fingerprint density at radius 2 is 2.05 bits per heavy atom. The zero-order valence-electron chi connectivity index (χ0n) is 11.8. The number of ketones is 1. The van der Waals surface area contributed by atoms with E-state index in [-0.39, 0.29) is 17.8 Å². The first-order chi connectivity index (χ1) is 9.03. The minimum atomic E-state index is -0.383. The molecule has 1 fully saturated rings. The third kappa shape index (κ3) is 3.43. The maximum Gasteiger partial charge on any atom is 0.169 e. The maximum atomic E-state index is 12.5. The number of carbonyl (C=O) groups is 1. The Morgan fingerprint density at radius 1 is 1.37 bits per heavy atom. The Balaban J connectivity index is 2.00. The Morgan fingerprint density at radius 3 is 2.63 bits per heavy atom. The normalized spacial score (nSPS) is 20.7. The van der Waals surface area contributed by atoms with Gasteiger partial charge in [-0.1, -0.05) is 44.2 Å². The zero-order chi connectivity index (χ0) is 13.9. The minimum Gasteiger partial charge on any atom is -0.396 e. The van der Waals surface area contributed by atoms with Crippen LogP contribution in [0, 0.1) is 11.3 Å². The molecule has 1 aromatic rings. The van der Waals surface area contributed by atoms with E-state index in [9.17, 15) is 9.90 Å². The molecule has 104 valence electrons. The Bertz CT molecular complexity index is 428. The van der Waals surface area contributed by atoms with Gasteiger partial charge in [-0.05, 0) is 18.9 Å². The van der Waals surface area contributed by atoms with E-state index in [4.69, 9.17) is 0 Å². The number of benzene rings is 1. The van der Waals surface area contributed by atoms with Gasteiger partial charge in [0, 0.05) is 30.7 Å². The van der Waals surface area contributed by atoms with Gasteiger partial charge in [-0.2, -0.15) is 0 Å². The van der Waals surface area contributed by atoms with Crippen molar-refractivity contribution in [2.75, 3.05) is 26.2 Å². The molecule has 1 heterocycles. The van der Waals surface area contributed by atoms with Crippen LogP contribution in [0.15, 0.2) is 30.3 Å². The van der Waals surface area contributed by atoms with Gasteiger partial charge in [0.15, 0.2) is 5.78 Å². The van der Waals surface area contributed by atoms with Gasteiger partial charge >= 0.3 is 0 Å². The molecule has 1 saturated heterocycles. The van der Waals surface area contributed by atoms with Gasteiger partial charge in [0.2, 0.25) is 0 Å². The molecule has 0 aliphatic carbocycles. The quantitative estimate of drug-likeness (QED) is 0.826. The maximum absolute atomic E-state index is 12.5. The Hall–Kier alpha value is -1.19. The molecule has 3 heteroatoms. The van der Waals surface area contributed by atoms with Crippen LogP contribution in [0.4, 0.5) is 0 Å². The average Bonchev–Trinajstić information content (AvgIpc) is 2.85. The van der Waals surface area contributed by atoms with Crippen LogP contribution in [0.1, 0.15) is 30.6 Å². The summed E-state index contributed by atoms with van der Waals surface area (Å²) in [6, 6.07) is 9.49. The molecule has 0 radical (unpaired) electrons. The molecule has 0 amide bonds. The van der Waals surface area contributed by atoms with Crippen molar-refractivity contribution in [1.29, 1.82) is 0 Å². The largest absolute Gasteiger partial charge is 0.396 e. The number of nitrogens with zero attached hydrogens (tertiary/aromatic N) is 1. The van der Waals surface area contributed by atoms with Crippen LogP contribution in [0.5, 0.6) is 0 Å². The highest BCUT2D eigenvalue weighted by Crippen LogP contribution is 2.26. The number of Topliss-reactive ketones (excluding diaryl/α,β-unsaturated/α-hetero) is 1. The highest BCUT2D eigenvalue weighted by atomic mass is 16.3. The molecule has 2 rings (SSSR count). The minimum absolute atomic E-state index is 0.195. The van der Waals surface area contributed by atoms with Crippen LogP contribution >= 0.6 is 0 Å². The standard InChI is InChI=1S/C16H23NO2/c1-16(2,12-17-9-8-13(10-17)11-18)15(19)14-6-4-3-5-7-14/h3-7,13,18H,8-12H2,1-2H3. The molecule has 0 spiro atoms. The van der Waals surface area contributed by atoms with Gasteiger partial charge < -0.3 is 10.0 Å². The van der Waals surface area contributed by atoms with Gasteiger partial charge in [-0.3, -0.25) is 4.79 Å². The predicted molar refractivity (Wildman–Crippen MR) is 76.2 cm³/mol. The molecular formula is C16H23NO2. The summed E-state index contributed by atoms with van der Waals surface area (Å²) >= 11 is 0. The first-order valence-electron chi connectivity index (χ1n) is 6.96. The summed E-state index contributed by atoms with van der Waals surface area (Å²) in [5.41, 5.74) is 0.400. The topological polar surface area (TPSA) is 40.5 Å². The average molecular weight is 261 g/mol. The molecule has 1 aliphatic rings. The summed E-state index contributed by atoms with van der Waals surface area (Å²) in [6.45, 7) is 6.92. The third-order valence-corrected chi connectivity index (χ3v) is 3.90. The SMILES string of the molecule is CC(C)(CN1CCC(CO)C1)C(=O)c1ccccc1. The van der Waals surface area contributed by atoms with E-state index in [1.54, 1.807) is 0 Å². The fourth-order valence-electron chi connectivity index (χ4n) is 2.82. The summed E-state index contributed by atoms with van der Waals surface area (Å²) < 4.78 is 0. The highest BCUT2D eigenvalue weighted by Gasteiger charge is 2.33. The second kappa shape index (κ2) is 5.85. The fraction of sp³-hybridized carbons (Fsp3) is 0.562. The number of hydrogen-bond acceptors (Lipinski definition) is 3. The van der Waals surface area contributed by atoms with Crippen molar-refractivity contribution in [3.63, 3.8) is 0 Å². The zero-order valence-corrected chi connectivity index (χ0v) is 11.8. The smallest absolute Gasteiger partial charge is 0.169 e. The molecule has 3 nitrogen and oxygen atoms in total. The summed E-state index contributed by atoms with van der Waals surface area (Å²) in [7, 11) is 0. The van der Waals surface area contributed by atoms with Crippen LogP contribution in [0.3, 0.4) is 0 Å². The van der Waals surface area contributed by atoms with Crippen molar-refractivity contribution in [3.8, 4) is 0 Å². The Kier molecular flexibility index (Phi) is 4.38. The van der Waals surface area contributed by atoms with Gasteiger partial charge in [-0.25, -0.2) is 0 Å². The number of carbonyl (C=O) groups excluding carboxylic acids is 1. The lowest BCUT2D eigenvalue weighted by atomic mass is 9.84. The lowest BCUT2D eigenvalue weighted by Gasteiger charge is -2.29. The number of aliphatic hydroxyl groups excluding tert-OH is 1. The van der Waals surface area contributed by atoms with Crippen molar-refractivity contribution in [2.24, 2.45) is 11.3 Å². The first-order valence-corrected chi connectivity index (χ1v) is 6.96. The van der Waals surface area contributed by atoms with E-state index in [2.05, 4.69) is 4.90 Å². The second-order valence-corrected chi connectivity index (χ2v) is 6.15. The van der Waals surface area contributed by atoms with Gasteiger partial charge in [0.1, 0.15) is 0 Å². The first kappa shape index (κ1) is 14.2. The van der Waals surface area contributed by atoms with E-state index in [1.165, 1.54) is 0 Å². The second-order valence-electron chi connectivity index (χ2n) is 6.15. The van der Waals surface area contributed by atoms with Crippen molar-refractivity contribution in [3.05, 3.63) is 35.9 Å². The van der Waals surface area contributed by atoms with Crippen LogP contribution in [0.25, 0.3) is 0 Å². The molecule has 0 saturated carbocycles. The molecule has 1 atom stereocenters. The van der Waals surface area contributed by atoms with Gasteiger partial charge in [-0.15, -0.1) is 0 Å². The molecule has 0 aromatic heterocycles. The highest BCUT2D eigenvalue weighted by molar-refractivity contribution is 6.00. The van der Waals surface area contributed by atoms with E-state index >= 15 is 0 Å². The van der Waals surface area contributed by atoms with Crippen molar-refractivity contribution < 1.29 is 9.90 Å². The number of rotatable bonds is 5. The molecule has 19 heavy (non-hydrogen) atoms. The molecule has 0 bridgehead atoms. The van der Waals surface area contributed by atoms with Crippen LogP contribution in [-0.2, 0) is 0 Å². The molecule has 1 aliphatic heterocycles. The van der Waals surface area contributed by atoms with E-state index in [0.29, 0.717) is 5.92 Å². The van der Waals surface area contributed by atoms with Gasteiger partial charge in [0.25, 0.3) is 0 Å². The van der Waals surface area contributed by atoms with Crippen molar-refractivity contribution in [1.82, 2.24) is 4.90 Å². The fourth-order valence-corrected chi connectivity index (χ4v) is 2.82. The van der Waals surface area contributed by atoms with Crippen LogP contribution in [0.2, 0.25) is 0 Å². The summed E-state index contributed by atoms with van der Waals surface area (Å²) in [5, 5.41) is 9.18. The number of aliphatic hydroxyl groups is 1. The van der Waals surface area contributed by atoms with Crippen molar-refractivity contribution >= 4 is 5.78 Å². The van der Waals surface area contributed by atoms with Crippen molar-refractivity contribution in [2.45, 2.75) is 20.3 Å². The molecule has 1 unspecified atom stereocenters. The molecule has 1 N–H and O–H groups in total. The number of likely N-dealkylation sites (tertiary alicyclic amines) is 1.